The van der Waals surface area contributed by atoms with Crippen LogP contribution in [0.25, 0.3) is 0 Å². The summed E-state index contributed by atoms with van der Waals surface area (Å²) >= 11 is 8.78. The Balaban J connectivity index is 1.52. The van der Waals surface area contributed by atoms with Crippen molar-refractivity contribution in [1.82, 2.24) is 5.32 Å². The van der Waals surface area contributed by atoms with Gasteiger partial charge in [0.15, 0.2) is 5.11 Å². The molecule has 3 rings (SSSR count). The minimum Gasteiger partial charge on any atom is -0.492 e. The molecule has 0 fully saturated rings. The Morgan fingerprint density at radius 1 is 0.868 bits per heavy atom. The minimum absolute atomic E-state index is 0.0290. The molecule has 0 aliphatic heterocycles. The predicted molar refractivity (Wildman–Crippen MR) is 162 cm³/mol. The second-order valence-corrected chi connectivity index (χ2v) is 11.7. The molecule has 2 amide bonds. The van der Waals surface area contributed by atoms with Crippen LogP contribution in [0.3, 0.4) is 0 Å². The summed E-state index contributed by atoms with van der Waals surface area (Å²) in [6.45, 7) is 11.3. The fourth-order valence-corrected chi connectivity index (χ4v) is 4.17. The molecule has 200 valence electrons. The highest BCUT2D eigenvalue weighted by molar-refractivity contribution is 9.10. The predicted octanol–water partition coefficient (Wildman–Crippen LogP) is 7.55. The van der Waals surface area contributed by atoms with Crippen LogP contribution in [0.1, 0.15) is 67.3 Å². The van der Waals surface area contributed by atoms with Crippen LogP contribution in [-0.2, 0) is 5.41 Å². The number of benzene rings is 3. The van der Waals surface area contributed by atoms with Gasteiger partial charge < -0.3 is 15.4 Å². The summed E-state index contributed by atoms with van der Waals surface area (Å²) in [6.07, 6.45) is 0.952. The molecule has 8 heteroatoms. The molecule has 38 heavy (non-hydrogen) atoms. The van der Waals surface area contributed by atoms with Gasteiger partial charge in [-0.15, -0.1) is 0 Å². The first-order chi connectivity index (χ1) is 17.9. The topological polar surface area (TPSA) is 79.5 Å². The van der Waals surface area contributed by atoms with E-state index in [1.165, 1.54) is 5.56 Å². The van der Waals surface area contributed by atoms with Gasteiger partial charge in [0, 0.05) is 22.5 Å². The highest BCUT2D eigenvalue weighted by Crippen LogP contribution is 2.27. The molecule has 3 N–H and O–H groups in total. The van der Waals surface area contributed by atoms with Gasteiger partial charge in [-0.25, -0.2) is 0 Å². The van der Waals surface area contributed by atoms with Crippen LogP contribution in [0.4, 0.5) is 11.4 Å². The number of carbonyl (C=O) groups excluding carboxylic acids is 2. The lowest BCUT2D eigenvalue weighted by molar-refractivity contribution is 0.0976. The summed E-state index contributed by atoms with van der Waals surface area (Å²) < 4.78 is 6.48. The molecule has 3 aromatic rings. The first-order valence-corrected chi connectivity index (χ1v) is 13.7. The number of thiocarbonyl (C=S) groups is 1. The van der Waals surface area contributed by atoms with Gasteiger partial charge in [-0.2, -0.15) is 0 Å². The zero-order chi connectivity index (χ0) is 27.9. The molecule has 0 heterocycles. The average Bonchev–Trinajstić information content (AvgIpc) is 2.85. The summed E-state index contributed by atoms with van der Waals surface area (Å²) in [4.78, 5) is 25.3. The first-order valence-electron chi connectivity index (χ1n) is 12.5. The SMILES string of the molecule is CC(C)CCOc1ccc(C(=O)NC(=S)Nc2ccc(NC(=O)c3ccc(C(C)(C)C)cc3)cc2)cc1Br. The number of hydrogen-bond donors (Lipinski definition) is 3. The molecule has 0 aliphatic rings. The summed E-state index contributed by atoms with van der Waals surface area (Å²) in [6, 6.07) is 19.9. The number of rotatable bonds is 8. The number of hydrogen-bond acceptors (Lipinski definition) is 4. The summed E-state index contributed by atoms with van der Waals surface area (Å²) in [7, 11) is 0. The van der Waals surface area contributed by atoms with Crippen LogP contribution in [0, 0.1) is 5.92 Å². The minimum atomic E-state index is -0.335. The standard InChI is InChI=1S/C30H34BrN3O3S/c1-19(2)16-17-37-26-15-8-21(18-25(26)31)28(36)34-29(38)33-24-13-11-23(12-14-24)32-27(35)20-6-9-22(10-7-20)30(3,4)5/h6-15,18-19H,16-17H2,1-5H3,(H,32,35)(H2,33,34,36,38). The molecule has 0 atom stereocenters. The largest absolute Gasteiger partial charge is 0.492 e. The Labute approximate surface area is 238 Å². The Kier molecular flexibility index (Phi) is 10.1. The van der Waals surface area contributed by atoms with Gasteiger partial charge in [0.25, 0.3) is 11.8 Å². The molecular formula is C30H34BrN3O3S. The zero-order valence-corrected chi connectivity index (χ0v) is 24.8. The molecule has 0 spiro atoms. The smallest absolute Gasteiger partial charge is 0.257 e. The van der Waals surface area contributed by atoms with Crippen molar-refractivity contribution in [3.8, 4) is 5.75 Å². The lowest BCUT2D eigenvalue weighted by Gasteiger charge is -2.19. The van der Waals surface area contributed by atoms with Crippen molar-refractivity contribution in [2.24, 2.45) is 5.92 Å². The van der Waals surface area contributed by atoms with Crippen molar-refractivity contribution in [3.05, 3.63) is 87.9 Å². The second kappa shape index (κ2) is 13.0. The molecule has 0 saturated heterocycles. The monoisotopic (exact) mass is 595 g/mol. The maximum absolute atomic E-state index is 12.7. The molecule has 6 nitrogen and oxygen atoms in total. The van der Waals surface area contributed by atoms with Gasteiger partial charge in [-0.05, 0) is 106 Å². The van der Waals surface area contributed by atoms with E-state index in [1.807, 2.05) is 24.3 Å². The Hall–Kier alpha value is -3.23. The van der Waals surface area contributed by atoms with E-state index in [-0.39, 0.29) is 22.3 Å². The number of carbonyl (C=O) groups is 2. The van der Waals surface area contributed by atoms with Gasteiger partial charge in [-0.3, -0.25) is 14.9 Å². The fraction of sp³-hybridized carbons (Fsp3) is 0.300. The summed E-state index contributed by atoms with van der Waals surface area (Å²) in [5.41, 5.74) is 3.56. The third-order valence-corrected chi connectivity index (χ3v) is 6.61. The molecule has 0 aliphatic carbocycles. The molecule has 0 unspecified atom stereocenters. The van der Waals surface area contributed by atoms with E-state index < -0.39 is 0 Å². The fourth-order valence-electron chi connectivity index (χ4n) is 3.46. The van der Waals surface area contributed by atoms with Crippen LogP contribution in [-0.4, -0.2) is 23.5 Å². The van der Waals surface area contributed by atoms with Gasteiger partial charge in [0.2, 0.25) is 0 Å². The number of halogens is 1. The van der Waals surface area contributed by atoms with E-state index in [1.54, 1.807) is 42.5 Å². The maximum Gasteiger partial charge on any atom is 0.257 e. The third kappa shape index (κ3) is 8.67. The van der Waals surface area contributed by atoms with Crippen LogP contribution in [0.15, 0.2) is 71.2 Å². The number of amides is 2. The summed E-state index contributed by atoms with van der Waals surface area (Å²) in [5, 5.41) is 8.73. The zero-order valence-electron chi connectivity index (χ0n) is 22.4. The van der Waals surface area contributed by atoms with Gasteiger partial charge in [0.05, 0.1) is 11.1 Å². The Bertz CT molecular complexity index is 1280. The molecule has 0 radical (unpaired) electrons. The van der Waals surface area contributed by atoms with E-state index in [0.717, 1.165) is 6.42 Å². The van der Waals surface area contributed by atoms with Crippen molar-refractivity contribution in [2.45, 2.75) is 46.5 Å². The lowest BCUT2D eigenvalue weighted by atomic mass is 9.87. The maximum atomic E-state index is 12.7. The average molecular weight is 597 g/mol. The van der Waals surface area contributed by atoms with Gasteiger partial charge >= 0.3 is 0 Å². The van der Waals surface area contributed by atoms with Crippen molar-refractivity contribution < 1.29 is 14.3 Å². The Morgan fingerprint density at radius 2 is 1.45 bits per heavy atom. The normalized spacial score (nSPS) is 11.1. The quantitative estimate of drug-likeness (QED) is 0.234. The van der Waals surface area contributed by atoms with Crippen molar-refractivity contribution in [2.75, 3.05) is 17.2 Å². The van der Waals surface area contributed by atoms with Crippen molar-refractivity contribution in [1.29, 1.82) is 0 Å². The van der Waals surface area contributed by atoms with Crippen LogP contribution in [0.2, 0.25) is 0 Å². The van der Waals surface area contributed by atoms with E-state index in [9.17, 15) is 9.59 Å². The summed E-state index contributed by atoms with van der Waals surface area (Å²) in [5.74, 6) is 0.727. The number of ether oxygens (including phenoxy) is 1. The van der Waals surface area contributed by atoms with E-state index in [0.29, 0.717) is 45.2 Å². The number of anilines is 2. The van der Waals surface area contributed by atoms with Gasteiger partial charge in [0.1, 0.15) is 5.75 Å². The highest BCUT2D eigenvalue weighted by atomic mass is 79.9. The first kappa shape index (κ1) is 29.3. The van der Waals surface area contributed by atoms with Crippen LogP contribution >= 0.6 is 28.1 Å². The van der Waals surface area contributed by atoms with E-state index in [4.69, 9.17) is 17.0 Å². The highest BCUT2D eigenvalue weighted by Gasteiger charge is 2.15. The lowest BCUT2D eigenvalue weighted by Crippen LogP contribution is -2.34. The molecule has 0 bridgehead atoms. The second-order valence-electron chi connectivity index (χ2n) is 10.4. The van der Waals surface area contributed by atoms with Crippen molar-refractivity contribution in [3.63, 3.8) is 0 Å². The van der Waals surface area contributed by atoms with E-state index in [2.05, 4.69) is 66.5 Å². The Morgan fingerprint density at radius 3 is 2.00 bits per heavy atom. The van der Waals surface area contributed by atoms with Crippen LogP contribution in [0.5, 0.6) is 5.75 Å². The molecule has 3 aromatic carbocycles. The van der Waals surface area contributed by atoms with Crippen molar-refractivity contribution >= 4 is 56.4 Å². The van der Waals surface area contributed by atoms with Crippen LogP contribution < -0.4 is 20.7 Å². The molecule has 0 saturated carbocycles. The number of nitrogens with one attached hydrogen (secondary N) is 3. The molecular weight excluding hydrogens is 562 g/mol. The third-order valence-electron chi connectivity index (χ3n) is 5.79. The molecule has 0 aromatic heterocycles. The van der Waals surface area contributed by atoms with Gasteiger partial charge in [-0.1, -0.05) is 46.8 Å². The van der Waals surface area contributed by atoms with E-state index >= 15 is 0 Å².